The van der Waals surface area contributed by atoms with Crippen molar-refractivity contribution in [1.82, 2.24) is 0 Å². The fraction of sp³-hybridized carbons (Fsp3) is 0.462. The molecule has 2 rings (SSSR count). The van der Waals surface area contributed by atoms with Crippen LogP contribution in [0, 0.1) is 0 Å². The van der Waals surface area contributed by atoms with Gasteiger partial charge in [0, 0.05) is 34.9 Å². The summed E-state index contributed by atoms with van der Waals surface area (Å²) in [6.07, 6.45) is 2.14. The van der Waals surface area contributed by atoms with E-state index >= 15 is 0 Å². The Morgan fingerprint density at radius 2 is 1.80 bits per heavy atom. The first kappa shape index (κ1) is 14.6. The molecule has 0 saturated carbocycles. The van der Waals surface area contributed by atoms with Crippen LogP contribution in [0.15, 0.2) is 12.1 Å². The summed E-state index contributed by atoms with van der Waals surface area (Å²) < 4.78 is 21.6. The molecule has 1 aromatic rings. The number of methoxy groups -OCH3 is 2. The third-order valence-electron chi connectivity index (χ3n) is 3.12. The maximum absolute atomic E-state index is 12.0. The summed E-state index contributed by atoms with van der Waals surface area (Å²) in [6, 6.07) is 3.11. The van der Waals surface area contributed by atoms with Gasteiger partial charge < -0.3 is 20.1 Å². The van der Waals surface area contributed by atoms with Gasteiger partial charge in [0.15, 0.2) is 11.5 Å². The van der Waals surface area contributed by atoms with Crippen LogP contribution >= 0.6 is 0 Å². The Bertz CT molecular complexity index is 547. The Morgan fingerprint density at radius 3 is 2.35 bits per heavy atom. The molecule has 0 aromatic heterocycles. The summed E-state index contributed by atoms with van der Waals surface area (Å²) in [4.78, 5) is 12.0. The highest BCUT2D eigenvalue weighted by Gasteiger charge is 2.26. The number of hydrogen-bond acceptors (Lipinski definition) is 5. The van der Waals surface area contributed by atoms with Crippen LogP contribution in [0.2, 0.25) is 0 Å². The van der Waals surface area contributed by atoms with Crippen molar-refractivity contribution in [3.05, 3.63) is 12.1 Å². The predicted octanol–water partition coefficient (Wildman–Crippen LogP) is 1.20. The maximum atomic E-state index is 12.0. The van der Waals surface area contributed by atoms with Crippen molar-refractivity contribution < 1.29 is 18.5 Å². The Kier molecular flexibility index (Phi) is 4.49. The van der Waals surface area contributed by atoms with Crippen LogP contribution < -0.4 is 20.1 Å². The maximum Gasteiger partial charge on any atom is 0.246 e. The minimum atomic E-state index is -0.916. The summed E-state index contributed by atoms with van der Waals surface area (Å²) in [6.45, 7) is 0. The van der Waals surface area contributed by atoms with Gasteiger partial charge in [0.25, 0.3) is 0 Å². The lowest BCUT2D eigenvalue weighted by Crippen LogP contribution is -2.39. The van der Waals surface area contributed by atoms with E-state index in [2.05, 4.69) is 10.6 Å². The molecule has 0 spiro atoms. The molecule has 2 atom stereocenters. The van der Waals surface area contributed by atoms with Gasteiger partial charge in [-0.05, 0) is 6.42 Å². The van der Waals surface area contributed by atoms with E-state index in [1.54, 1.807) is 32.6 Å². The van der Waals surface area contributed by atoms with Gasteiger partial charge in [0.1, 0.15) is 6.04 Å². The topological polar surface area (TPSA) is 76.7 Å². The molecule has 0 radical (unpaired) electrons. The molecule has 1 aliphatic heterocycles. The summed E-state index contributed by atoms with van der Waals surface area (Å²) >= 11 is 0. The standard InChI is InChI=1S/C13H18N2O4S/c1-18-11-6-9-10(7-12(11)19-2)15-13(16)8(14-9)4-5-20(3)17/h6-8,14H,4-5H2,1-3H3,(H,15,16). The second-order valence-corrected chi connectivity index (χ2v) is 6.06. The SMILES string of the molecule is COc1cc2c(cc1OC)NC(CCS(C)=O)C(=O)N2. The fourth-order valence-electron chi connectivity index (χ4n) is 2.06. The second kappa shape index (κ2) is 6.13. The quantitative estimate of drug-likeness (QED) is 0.854. The van der Waals surface area contributed by atoms with Crippen molar-refractivity contribution in [2.45, 2.75) is 12.5 Å². The van der Waals surface area contributed by atoms with Gasteiger partial charge in [-0.1, -0.05) is 0 Å². The highest BCUT2D eigenvalue weighted by molar-refractivity contribution is 7.84. The van der Waals surface area contributed by atoms with E-state index in [0.717, 1.165) is 5.69 Å². The average molecular weight is 298 g/mol. The monoisotopic (exact) mass is 298 g/mol. The molecule has 1 amide bonds. The molecular weight excluding hydrogens is 280 g/mol. The highest BCUT2D eigenvalue weighted by Crippen LogP contribution is 2.38. The normalized spacial score (nSPS) is 18.6. The molecule has 7 heteroatoms. The van der Waals surface area contributed by atoms with Gasteiger partial charge in [-0.2, -0.15) is 0 Å². The van der Waals surface area contributed by atoms with E-state index in [4.69, 9.17) is 9.47 Å². The summed E-state index contributed by atoms with van der Waals surface area (Å²) in [5.74, 6) is 1.50. The van der Waals surface area contributed by atoms with Crippen molar-refractivity contribution in [2.24, 2.45) is 0 Å². The first-order valence-electron chi connectivity index (χ1n) is 6.18. The predicted molar refractivity (Wildman–Crippen MR) is 79.1 cm³/mol. The number of rotatable bonds is 5. The molecule has 1 aromatic carbocycles. The van der Waals surface area contributed by atoms with Crippen molar-refractivity contribution in [2.75, 3.05) is 36.9 Å². The Hall–Kier alpha value is -1.76. The lowest BCUT2D eigenvalue weighted by atomic mass is 10.1. The van der Waals surface area contributed by atoms with Crippen molar-refractivity contribution in [3.8, 4) is 11.5 Å². The number of hydrogen-bond donors (Lipinski definition) is 2. The third-order valence-corrected chi connectivity index (χ3v) is 3.93. The minimum Gasteiger partial charge on any atom is -0.493 e. The molecule has 6 nitrogen and oxygen atoms in total. The van der Waals surface area contributed by atoms with Gasteiger partial charge in [-0.25, -0.2) is 0 Å². The third kappa shape index (κ3) is 3.04. The first-order valence-corrected chi connectivity index (χ1v) is 7.91. The smallest absolute Gasteiger partial charge is 0.246 e. The van der Waals surface area contributed by atoms with Gasteiger partial charge in [0.2, 0.25) is 5.91 Å². The molecule has 0 fully saturated rings. The Morgan fingerprint density at radius 1 is 1.20 bits per heavy atom. The molecule has 0 saturated heterocycles. The molecule has 1 heterocycles. The number of ether oxygens (including phenoxy) is 2. The minimum absolute atomic E-state index is 0.129. The molecule has 1 aliphatic rings. The first-order chi connectivity index (χ1) is 9.55. The zero-order valence-corrected chi connectivity index (χ0v) is 12.5. The van der Waals surface area contributed by atoms with Crippen LogP contribution in [-0.2, 0) is 15.6 Å². The summed E-state index contributed by atoms with van der Waals surface area (Å²) in [5.41, 5.74) is 1.43. The molecule has 2 N–H and O–H groups in total. The van der Waals surface area contributed by atoms with Crippen molar-refractivity contribution in [3.63, 3.8) is 0 Å². The number of anilines is 2. The number of carbonyl (C=O) groups is 1. The number of nitrogens with one attached hydrogen (secondary N) is 2. The van der Waals surface area contributed by atoms with E-state index in [9.17, 15) is 9.00 Å². The zero-order valence-electron chi connectivity index (χ0n) is 11.7. The number of fused-ring (bicyclic) bond motifs is 1. The molecule has 110 valence electrons. The number of benzene rings is 1. The number of amides is 1. The molecule has 20 heavy (non-hydrogen) atoms. The van der Waals surface area contributed by atoms with E-state index in [-0.39, 0.29) is 11.9 Å². The van der Waals surface area contributed by atoms with Crippen LogP contribution in [0.25, 0.3) is 0 Å². The van der Waals surface area contributed by atoms with Crippen LogP contribution in [-0.4, -0.2) is 42.4 Å². The van der Waals surface area contributed by atoms with Gasteiger partial charge >= 0.3 is 0 Å². The Balaban J connectivity index is 2.23. The average Bonchev–Trinajstić information content (AvgIpc) is 2.43. The highest BCUT2D eigenvalue weighted by atomic mass is 32.2. The largest absolute Gasteiger partial charge is 0.493 e. The van der Waals surface area contributed by atoms with E-state index in [0.29, 0.717) is 29.4 Å². The van der Waals surface area contributed by atoms with Crippen LogP contribution in [0.1, 0.15) is 6.42 Å². The van der Waals surface area contributed by atoms with Crippen LogP contribution in [0.3, 0.4) is 0 Å². The second-order valence-electron chi connectivity index (χ2n) is 4.50. The molecular formula is C13H18N2O4S. The molecule has 0 aliphatic carbocycles. The lowest BCUT2D eigenvalue weighted by molar-refractivity contribution is -0.117. The van der Waals surface area contributed by atoms with Gasteiger partial charge in [-0.15, -0.1) is 0 Å². The fourth-order valence-corrected chi connectivity index (χ4v) is 2.63. The van der Waals surface area contributed by atoms with E-state index in [1.807, 2.05) is 0 Å². The molecule has 2 unspecified atom stereocenters. The van der Waals surface area contributed by atoms with Gasteiger partial charge in [0.05, 0.1) is 25.6 Å². The van der Waals surface area contributed by atoms with E-state index < -0.39 is 10.8 Å². The number of carbonyl (C=O) groups excluding carboxylic acids is 1. The van der Waals surface area contributed by atoms with Crippen LogP contribution in [0.4, 0.5) is 11.4 Å². The summed E-state index contributed by atoms with van der Waals surface area (Å²) in [5, 5.41) is 5.97. The van der Waals surface area contributed by atoms with Crippen molar-refractivity contribution >= 4 is 28.1 Å². The zero-order chi connectivity index (χ0) is 14.7. The van der Waals surface area contributed by atoms with Crippen molar-refractivity contribution in [1.29, 1.82) is 0 Å². The van der Waals surface area contributed by atoms with E-state index in [1.165, 1.54) is 0 Å². The Labute approximate surface area is 120 Å². The van der Waals surface area contributed by atoms with Crippen LogP contribution in [0.5, 0.6) is 11.5 Å². The summed E-state index contributed by atoms with van der Waals surface area (Å²) in [7, 11) is 2.19. The molecule has 0 bridgehead atoms. The lowest BCUT2D eigenvalue weighted by Gasteiger charge is -2.27. The van der Waals surface area contributed by atoms with Gasteiger partial charge in [-0.3, -0.25) is 9.00 Å².